The highest BCUT2D eigenvalue weighted by Gasteiger charge is 2.36. The summed E-state index contributed by atoms with van der Waals surface area (Å²) >= 11 is 0. The normalized spacial score (nSPS) is 20.2. The molecule has 3 atom stereocenters. The maximum atomic E-state index is 13.3. The van der Waals surface area contributed by atoms with Crippen molar-refractivity contribution in [2.24, 2.45) is 5.92 Å². The molecule has 2 aromatic rings. The van der Waals surface area contributed by atoms with Gasteiger partial charge in [-0.3, -0.25) is 9.59 Å². The standard InChI is InChI=1S/C27H33N3O5/c1-17-14-18(26(32)33)12-13-30(17)25(31)24(15-29(2)3)28-27(34)35-16-23-21-10-6-4-8-19(21)20-9-5-7-11-22(20)23/h4-11,17-18,23-24H,12-16H2,1-3H3,(H,28,34)(H,32,33)/t17-,18-,24?/m1/s1. The highest BCUT2D eigenvalue weighted by atomic mass is 16.5. The van der Waals surface area contributed by atoms with E-state index in [1.807, 2.05) is 50.2 Å². The van der Waals surface area contributed by atoms with Gasteiger partial charge in [-0.05, 0) is 56.1 Å². The van der Waals surface area contributed by atoms with Crippen LogP contribution < -0.4 is 5.32 Å². The van der Waals surface area contributed by atoms with Crippen molar-refractivity contribution in [3.8, 4) is 11.1 Å². The molecular weight excluding hydrogens is 446 g/mol. The number of fused-ring (bicyclic) bond motifs is 3. The molecule has 0 radical (unpaired) electrons. The smallest absolute Gasteiger partial charge is 0.407 e. The number of hydrogen-bond acceptors (Lipinski definition) is 5. The van der Waals surface area contributed by atoms with Gasteiger partial charge >= 0.3 is 12.1 Å². The summed E-state index contributed by atoms with van der Waals surface area (Å²) in [7, 11) is 3.67. The fraction of sp³-hybridized carbons (Fsp3) is 0.444. The number of piperidine rings is 1. The topological polar surface area (TPSA) is 99.2 Å². The van der Waals surface area contributed by atoms with Crippen molar-refractivity contribution in [1.29, 1.82) is 0 Å². The predicted octanol–water partition coefficient (Wildman–Crippen LogP) is 3.17. The number of carbonyl (C=O) groups is 3. The fourth-order valence-corrected chi connectivity index (χ4v) is 5.26. The third-order valence-electron chi connectivity index (χ3n) is 6.99. The van der Waals surface area contributed by atoms with E-state index in [9.17, 15) is 19.5 Å². The van der Waals surface area contributed by atoms with Crippen LogP contribution in [-0.4, -0.2) is 78.8 Å². The van der Waals surface area contributed by atoms with E-state index in [1.165, 1.54) is 0 Å². The zero-order valence-corrected chi connectivity index (χ0v) is 20.4. The first kappa shape index (κ1) is 24.7. The molecule has 1 aliphatic carbocycles. The summed E-state index contributed by atoms with van der Waals surface area (Å²) in [5.41, 5.74) is 4.54. The molecule has 1 fully saturated rings. The maximum Gasteiger partial charge on any atom is 0.407 e. The van der Waals surface area contributed by atoms with Crippen LogP contribution in [0.1, 0.15) is 36.8 Å². The molecule has 8 nitrogen and oxygen atoms in total. The van der Waals surface area contributed by atoms with Crippen LogP contribution >= 0.6 is 0 Å². The molecular formula is C27H33N3O5. The second-order valence-electron chi connectivity index (χ2n) is 9.72. The number of carboxylic acid groups (broad SMARTS) is 1. The molecule has 0 spiro atoms. The molecule has 186 valence electrons. The summed E-state index contributed by atoms with van der Waals surface area (Å²) in [6.07, 6.45) is 0.172. The zero-order valence-electron chi connectivity index (χ0n) is 20.4. The van der Waals surface area contributed by atoms with Gasteiger partial charge in [-0.1, -0.05) is 48.5 Å². The number of amides is 2. The molecule has 4 rings (SSSR count). The average Bonchev–Trinajstić information content (AvgIpc) is 3.15. The Kier molecular flexibility index (Phi) is 7.40. The van der Waals surface area contributed by atoms with E-state index in [-0.39, 0.29) is 24.5 Å². The van der Waals surface area contributed by atoms with Crippen molar-refractivity contribution in [1.82, 2.24) is 15.1 Å². The van der Waals surface area contributed by atoms with Gasteiger partial charge in [-0.15, -0.1) is 0 Å². The molecule has 2 amide bonds. The number of nitrogens with one attached hydrogen (secondary N) is 1. The van der Waals surface area contributed by atoms with Gasteiger partial charge in [0.05, 0.1) is 5.92 Å². The summed E-state index contributed by atoms with van der Waals surface area (Å²) in [5.74, 6) is -1.56. The molecule has 0 bridgehead atoms. The van der Waals surface area contributed by atoms with Crippen LogP contribution in [0.2, 0.25) is 0 Å². The average molecular weight is 480 g/mol. The van der Waals surface area contributed by atoms with Crippen LogP contribution in [0.4, 0.5) is 4.79 Å². The third-order valence-corrected chi connectivity index (χ3v) is 6.99. The van der Waals surface area contributed by atoms with Crippen LogP contribution in [0.5, 0.6) is 0 Å². The minimum absolute atomic E-state index is 0.0637. The van der Waals surface area contributed by atoms with E-state index < -0.39 is 24.0 Å². The number of rotatable bonds is 7. The molecule has 0 saturated carbocycles. The number of benzene rings is 2. The first-order chi connectivity index (χ1) is 16.8. The van der Waals surface area contributed by atoms with Crippen LogP contribution in [0.25, 0.3) is 11.1 Å². The molecule has 8 heteroatoms. The van der Waals surface area contributed by atoms with Crippen molar-refractivity contribution in [3.63, 3.8) is 0 Å². The lowest BCUT2D eigenvalue weighted by Crippen LogP contribution is -2.57. The van der Waals surface area contributed by atoms with Gasteiger partial charge < -0.3 is 25.0 Å². The van der Waals surface area contributed by atoms with Crippen LogP contribution in [-0.2, 0) is 14.3 Å². The first-order valence-corrected chi connectivity index (χ1v) is 12.1. The van der Waals surface area contributed by atoms with E-state index >= 15 is 0 Å². The van der Waals surface area contributed by atoms with Gasteiger partial charge in [-0.25, -0.2) is 4.79 Å². The van der Waals surface area contributed by atoms with E-state index in [0.717, 1.165) is 22.3 Å². The Hall–Kier alpha value is -3.39. The Morgan fingerprint density at radius 2 is 1.69 bits per heavy atom. The van der Waals surface area contributed by atoms with Crippen LogP contribution in [0.3, 0.4) is 0 Å². The van der Waals surface area contributed by atoms with Gasteiger partial charge in [0.1, 0.15) is 12.6 Å². The highest BCUT2D eigenvalue weighted by molar-refractivity contribution is 5.86. The van der Waals surface area contributed by atoms with Crippen LogP contribution in [0, 0.1) is 5.92 Å². The lowest BCUT2D eigenvalue weighted by molar-refractivity contribution is -0.148. The molecule has 1 saturated heterocycles. The number of nitrogens with zero attached hydrogens (tertiary/aromatic N) is 2. The Morgan fingerprint density at radius 3 is 2.23 bits per heavy atom. The highest BCUT2D eigenvalue weighted by Crippen LogP contribution is 2.44. The predicted molar refractivity (Wildman–Crippen MR) is 132 cm³/mol. The Morgan fingerprint density at radius 1 is 1.09 bits per heavy atom. The maximum absolute atomic E-state index is 13.3. The first-order valence-electron chi connectivity index (χ1n) is 12.1. The number of carboxylic acids is 1. The lowest BCUT2D eigenvalue weighted by Gasteiger charge is -2.38. The second kappa shape index (κ2) is 10.5. The van der Waals surface area contributed by atoms with Crippen molar-refractivity contribution in [2.45, 2.75) is 37.8 Å². The number of carbonyl (C=O) groups excluding carboxylic acids is 2. The van der Waals surface area contributed by atoms with Crippen LogP contribution in [0.15, 0.2) is 48.5 Å². The zero-order chi connectivity index (χ0) is 25.1. The minimum Gasteiger partial charge on any atom is -0.481 e. The number of likely N-dealkylation sites (N-methyl/N-ethyl adjacent to an activating group) is 1. The molecule has 2 aliphatic rings. The van der Waals surface area contributed by atoms with E-state index in [1.54, 1.807) is 4.90 Å². The fourth-order valence-electron chi connectivity index (χ4n) is 5.26. The molecule has 0 aromatic heterocycles. The number of ether oxygens (including phenoxy) is 1. The third kappa shape index (κ3) is 5.32. The summed E-state index contributed by atoms with van der Waals surface area (Å²) in [5, 5.41) is 12.1. The summed E-state index contributed by atoms with van der Waals surface area (Å²) in [4.78, 5) is 41.0. The minimum atomic E-state index is -0.828. The van der Waals surface area contributed by atoms with Crippen molar-refractivity contribution in [2.75, 3.05) is 33.8 Å². The van der Waals surface area contributed by atoms with Gasteiger partial charge in [0, 0.05) is 25.0 Å². The monoisotopic (exact) mass is 479 g/mol. The number of aliphatic carboxylic acids is 1. The van der Waals surface area contributed by atoms with E-state index in [0.29, 0.717) is 25.9 Å². The summed E-state index contributed by atoms with van der Waals surface area (Å²) in [6, 6.07) is 15.2. The summed E-state index contributed by atoms with van der Waals surface area (Å²) in [6.45, 7) is 2.69. The SMILES string of the molecule is C[C@@H]1C[C@H](C(=O)O)CCN1C(=O)C(CN(C)C)NC(=O)OCC1c2ccccc2-c2ccccc21. The molecule has 1 unspecified atom stereocenters. The molecule has 2 N–H and O–H groups in total. The Balaban J connectivity index is 1.42. The van der Waals surface area contributed by atoms with Crippen molar-refractivity contribution < 1.29 is 24.2 Å². The van der Waals surface area contributed by atoms with Gasteiger partial charge in [0.2, 0.25) is 5.91 Å². The van der Waals surface area contributed by atoms with Gasteiger partial charge in [-0.2, -0.15) is 0 Å². The molecule has 35 heavy (non-hydrogen) atoms. The molecule has 1 heterocycles. The van der Waals surface area contributed by atoms with E-state index in [4.69, 9.17) is 4.74 Å². The van der Waals surface area contributed by atoms with Gasteiger partial charge in [0.25, 0.3) is 0 Å². The van der Waals surface area contributed by atoms with Crippen molar-refractivity contribution >= 4 is 18.0 Å². The number of likely N-dealkylation sites (tertiary alicyclic amines) is 1. The second-order valence-corrected chi connectivity index (χ2v) is 9.72. The van der Waals surface area contributed by atoms with Crippen molar-refractivity contribution in [3.05, 3.63) is 59.7 Å². The van der Waals surface area contributed by atoms with E-state index in [2.05, 4.69) is 29.6 Å². The molecule has 2 aromatic carbocycles. The molecule has 1 aliphatic heterocycles. The Bertz CT molecular complexity index is 1060. The largest absolute Gasteiger partial charge is 0.481 e. The number of hydrogen-bond donors (Lipinski definition) is 2. The Labute approximate surface area is 205 Å². The van der Waals surface area contributed by atoms with Gasteiger partial charge in [0.15, 0.2) is 0 Å². The lowest BCUT2D eigenvalue weighted by atomic mass is 9.91. The quantitative estimate of drug-likeness (QED) is 0.633. The number of alkyl carbamates (subject to hydrolysis) is 1. The summed E-state index contributed by atoms with van der Waals surface area (Å²) < 4.78 is 5.65.